The van der Waals surface area contributed by atoms with Gasteiger partial charge < -0.3 is 15.6 Å². The second-order valence-corrected chi connectivity index (χ2v) is 5.36. The Bertz CT molecular complexity index is 642. The van der Waals surface area contributed by atoms with Gasteiger partial charge in [0.05, 0.1) is 18.8 Å². The van der Waals surface area contributed by atoms with Gasteiger partial charge in [0.15, 0.2) is 0 Å². The highest BCUT2D eigenvalue weighted by atomic mass is 19.4. The molecule has 0 amide bonds. The van der Waals surface area contributed by atoms with Crippen LogP contribution < -0.4 is 5.73 Å². The van der Waals surface area contributed by atoms with E-state index in [2.05, 4.69) is 4.74 Å². The number of ether oxygens (including phenoxy) is 1. The molecule has 0 bridgehead atoms. The van der Waals surface area contributed by atoms with Gasteiger partial charge in [-0.2, -0.15) is 26.3 Å². The second-order valence-electron chi connectivity index (χ2n) is 5.36. The monoisotopic (exact) mass is 391 g/mol. The predicted molar refractivity (Wildman–Crippen MR) is 76.9 cm³/mol. The third-order valence-corrected chi connectivity index (χ3v) is 3.59. The molecule has 1 rings (SSSR count). The number of halogens is 7. The number of hydrogen-bond donors (Lipinski definition) is 2. The van der Waals surface area contributed by atoms with Gasteiger partial charge in [0.2, 0.25) is 0 Å². The van der Waals surface area contributed by atoms with E-state index in [4.69, 9.17) is 5.73 Å². The summed E-state index contributed by atoms with van der Waals surface area (Å²) in [4.78, 5) is 12.1. The highest BCUT2D eigenvalue weighted by molar-refractivity contribution is 5.95. The van der Waals surface area contributed by atoms with Crippen LogP contribution in [-0.2, 0) is 17.0 Å². The molecule has 1 aromatic carbocycles. The molecule has 0 aromatic heterocycles. The number of nitrogens with two attached hydrogens (primary N) is 1. The number of aliphatic hydroxyl groups excluding tert-OH is 1. The molecule has 0 unspecified atom stereocenters. The van der Waals surface area contributed by atoms with Crippen molar-refractivity contribution in [1.82, 2.24) is 0 Å². The Labute approximate surface area is 143 Å². The van der Waals surface area contributed by atoms with Crippen molar-refractivity contribution in [2.45, 2.75) is 44.4 Å². The molecule has 11 heteroatoms. The smallest absolute Gasteiger partial charge is 0.435 e. The van der Waals surface area contributed by atoms with Gasteiger partial charge in [-0.3, -0.25) is 0 Å². The number of carbonyl (C=O) groups excluding carboxylic acids is 1. The molecule has 0 aliphatic carbocycles. The van der Waals surface area contributed by atoms with Crippen LogP contribution in [0.3, 0.4) is 0 Å². The van der Waals surface area contributed by atoms with Crippen molar-refractivity contribution in [3.05, 3.63) is 28.8 Å². The zero-order chi connectivity index (χ0) is 20.3. The number of rotatable bonds is 6. The predicted octanol–water partition coefficient (Wildman–Crippen LogP) is 4.01. The highest BCUT2D eigenvalue weighted by Crippen LogP contribution is 2.54. The first kappa shape index (κ1) is 22.0. The van der Waals surface area contributed by atoms with Crippen LogP contribution in [0, 0.1) is 0 Å². The van der Waals surface area contributed by atoms with Crippen molar-refractivity contribution >= 4 is 11.7 Å². The fourth-order valence-electron chi connectivity index (χ4n) is 2.20. The summed E-state index contributed by atoms with van der Waals surface area (Å²) in [6.45, 7) is 0.189. The lowest BCUT2D eigenvalue weighted by Crippen LogP contribution is -2.51. The number of anilines is 1. The van der Waals surface area contributed by atoms with Gasteiger partial charge in [0.25, 0.3) is 0 Å². The summed E-state index contributed by atoms with van der Waals surface area (Å²) in [5.41, 5.74) is -5.13. The minimum Gasteiger partial charge on any atom is -0.462 e. The fraction of sp³-hybridized carbons (Fsp3) is 0.533. The van der Waals surface area contributed by atoms with E-state index in [0.717, 1.165) is 0 Å². The number of aliphatic hydroxyl groups is 1. The number of nitrogen functional groups attached to an aromatic ring is 1. The maximum atomic E-state index is 14.4. The van der Waals surface area contributed by atoms with Crippen molar-refractivity contribution in [2.24, 2.45) is 0 Å². The normalized spacial score (nSPS) is 13.0. The first-order valence-electron chi connectivity index (χ1n) is 7.35. The van der Waals surface area contributed by atoms with E-state index in [1.807, 2.05) is 0 Å². The lowest BCUT2D eigenvalue weighted by Gasteiger charge is -2.32. The van der Waals surface area contributed by atoms with Crippen LogP contribution in [0.15, 0.2) is 12.1 Å². The summed E-state index contributed by atoms with van der Waals surface area (Å²) < 4.78 is 97.2. The SMILES string of the molecule is CCCCOC(=O)c1c(C(F)(C(F)(F)F)C(F)(F)F)ccc(N)c1CO. The van der Waals surface area contributed by atoms with Gasteiger partial charge in [-0.15, -0.1) is 0 Å². The Hall–Kier alpha value is -2.04. The van der Waals surface area contributed by atoms with E-state index in [1.165, 1.54) is 0 Å². The molecule has 0 spiro atoms. The van der Waals surface area contributed by atoms with Crippen LogP contribution >= 0.6 is 0 Å². The molecule has 0 saturated heterocycles. The summed E-state index contributed by atoms with van der Waals surface area (Å²) >= 11 is 0. The van der Waals surface area contributed by atoms with Crippen molar-refractivity contribution < 1.29 is 45.4 Å². The lowest BCUT2D eigenvalue weighted by molar-refractivity contribution is -0.348. The van der Waals surface area contributed by atoms with E-state index >= 15 is 0 Å². The summed E-state index contributed by atoms with van der Waals surface area (Å²) in [6, 6.07) is 0.668. The first-order valence-corrected chi connectivity index (χ1v) is 7.35. The van der Waals surface area contributed by atoms with Crippen LogP contribution in [0.5, 0.6) is 0 Å². The van der Waals surface area contributed by atoms with E-state index in [1.54, 1.807) is 6.92 Å². The number of carbonyl (C=O) groups is 1. The Morgan fingerprint density at radius 3 is 2.08 bits per heavy atom. The fourth-order valence-corrected chi connectivity index (χ4v) is 2.20. The van der Waals surface area contributed by atoms with Crippen LogP contribution in [0.25, 0.3) is 0 Å². The summed E-state index contributed by atoms with van der Waals surface area (Å²) in [6.07, 6.45) is -12.1. The third-order valence-electron chi connectivity index (χ3n) is 3.59. The zero-order valence-corrected chi connectivity index (χ0v) is 13.5. The molecule has 0 fully saturated rings. The Kier molecular flexibility index (Phi) is 6.50. The molecule has 0 radical (unpaired) electrons. The highest BCUT2D eigenvalue weighted by Gasteiger charge is 2.74. The molecule has 0 aliphatic heterocycles. The maximum Gasteiger partial charge on any atom is 0.435 e. The molecule has 148 valence electrons. The molecular formula is C15H16F7NO3. The number of benzene rings is 1. The topological polar surface area (TPSA) is 72.5 Å². The summed E-state index contributed by atoms with van der Waals surface area (Å²) in [5, 5.41) is 9.24. The Morgan fingerprint density at radius 1 is 1.12 bits per heavy atom. The largest absolute Gasteiger partial charge is 0.462 e. The van der Waals surface area contributed by atoms with Crippen molar-refractivity contribution in [3.63, 3.8) is 0 Å². The number of esters is 1. The van der Waals surface area contributed by atoms with Gasteiger partial charge in [-0.25, -0.2) is 9.18 Å². The van der Waals surface area contributed by atoms with Gasteiger partial charge in [-0.1, -0.05) is 19.4 Å². The molecule has 4 nitrogen and oxygen atoms in total. The van der Waals surface area contributed by atoms with Gasteiger partial charge in [0, 0.05) is 16.8 Å². The van der Waals surface area contributed by atoms with Gasteiger partial charge in [-0.05, 0) is 12.5 Å². The molecule has 26 heavy (non-hydrogen) atoms. The zero-order valence-electron chi connectivity index (χ0n) is 13.5. The first-order chi connectivity index (χ1) is 11.8. The van der Waals surface area contributed by atoms with E-state index < -0.39 is 53.0 Å². The minimum atomic E-state index is -6.42. The summed E-state index contributed by atoms with van der Waals surface area (Å²) in [7, 11) is 0. The second kappa shape index (κ2) is 7.68. The molecule has 0 saturated carbocycles. The lowest BCUT2D eigenvalue weighted by atomic mass is 9.86. The van der Waals surface area contributed by atoms with Crippen molar-refractivity contribution in [2.75, 3.05) is 12.3 Å². The molecule has 1 aromatic rings. The molecule has 3 N–H and O–H groups in total. The Morgan fingerprint density at radius 2 is 1.65 bits per heavy atom. The van der Waals surface area contributed by atoms with Crippen molar-refractivity contribution in [3.8, 4) is 0 Å². The average Bonchev–Trinajstić information content (AvgIpc) is 2.51. The minimum absolute atomic E-state index is 0.117. The van der Waals surface area contributed by atoms with E-state index in [9.17, 15) is 40.6 Å². The van der Waals surface area contributed by atoms with Crippen LogP contribution in [0.4, 0.5) is 36.4 Å². The molecule has 0 atom stereocenters. The van der Waals surface area contributed by atoms with Crippen molar-refractivity contribution in [1.29, 1.82) is 0 Å². The van der Waals surface area contributed by atoms with Gasteiger partial charge >= 0.3 is 24.0 Å². The quantitative estimate of drug-likeness (QED) is 0.333. The maximum absolute atomic E-state index is 14.4. The molecular weight excluding hydrogens is 375 g/mol. The third kappa shape index (κ3) is 3.87. The number of hydrogen-bond acceptors (Lipinski definition) is 4. The molecule has 0 heterocycles. The number of unbranched alkanes of at least 4 members (excludes halogenated alkanes) is 1. The standard InChI is InChI=1S/C15H16F7NO3/c1-2-3-6-26-12(25)11-8(7-24)10(23)5-4-9(11)13(16,14(17,18)19)15(20,21)22/h4-5,24H,2-3,6-7,23H2,1H3. The van der Waals surface area contributed by atoms with Crippen LogP contribution in [-0.4, -0.2) is 30.0 Å². The summed E-state index contributed by atoms with van der Waals surface area (Å²) in [5.74, 6) is -1.64. The van der Waals surface area contributed by atoms with Gasteiger partial charge in [0.1, 0.15) is 0 Å². The molecule has 0 aliphatic rings. The average molecular weight is 391 g/mol. The van der Waals surface area contributed by atoms with E-state index in [0.29, 0.717) is 12.5 Å². The Balaban J connectivity index is 3.73. The van der Waals surface area contributed by atoms with Crippen LogP contribution in [0.2, 0.25) is 0 Å². The van der Waals surface area contributed by atoms with Crippen LogP contribution in [0.1, 0.15) is 41.3 Å². The number of alkyl halides is 7. The van der Waals surface area contributed by atoms with E-state index in [-0.39, 0.29) is 19.1 Å².